The number of rotatable bonds is 5. The second-order valence-corrected chi connectivity index (χ2v) is 8.42. The van der Waals surface area contributed by atoms with Crippen LogP contribution in [0, 0.1) is 0 Å². The number of methoxy groups -OCH3 is 1. The smallest absolute Gasteiger partial charge is 0.257 e. The summed E-state index contributed by atoms with van der Waals surface area (Å²) in [5, 5.41) is 5.39. The van der Waals surface area contributed by atoms with Crippen molar-refractivity contribution in [2.24, 2.45) is 0 Å². The van der Waals surface area contributed by atoms with Crippen molar-refractivity contribution in [3.63, 3.8) is 0 Å². The molecule has 9 heteroatoms. The second kappa shape index (κ2) is 7.75. The molecule has 27 heavy (non-hydrogen) atoms. The quantitative estimate of drug-likeness (QED) is 0.796. The van der Waals surface area contributed by atoms with Gasteiger partial charge in [0.2, 0.25) is 0 Å². The van der Waals surface area contributed by atoms with Crippen LogP contribution in [-0.2, 0) is 9.84 Å². The average Bonchev–Trinajstić information content (AvgIpc) is 3.00. The van der Waals surface area contributed by atoms with Gasteiger partial charge in [-0.15, -0.1) is 0 Å². The zero-order valence-electron chi connectivity index (χ0n) is 14.6. The number of ether oxygens (including phenoxy) is 1. The molecule has 1 atom stereocenters. The number of carbonyl (C=O) groups excluding carboxylic acids is 2. The largest absolute Gasteiger partial charge is 0.495 e. The van der Waals surface area contributed by atoms with Gasteiger partial charge in [-0.05, 0) is 24.6 Å². The summed E-state index contributed by atoms with van der Waals surface area (Å²) >= 11 is 0. The molecule has 2 N–H and O–H groups in total. The Morgan fingerprint density at radius 3 is 2.52 bits per heavy atom. The molecular weight excluding hydrogens is 370 g/mol. The van der Waals surface area contributed by atoms with Gasteiger partial charge >= 0.3 is 0 Å². The molecule has 8 nitrogen and oxygen atoms in total. The predicted octanol–water partition coefficient (Wildman–Crippen LogP) is 1.26. The van der Waals surface area contributed by atoms with E-state index in [1.54, 1.807) is 24.3 Å². The molecule has 1 aromatic carbocycles. The standard InChI is InChI=1S/C18H19N3O5S/c1-26-16-5-3-2-4-15(16)21-18(23)13-8-12(9-19-10-13)17(22)20-14-6-7-27(24,25)11-14/h2-5,8-10,14H,6-7,11H2,1H3,(H,20,22)(H,21,23). The second-order valence-electron chi connectivity index (χ2n) is 6.19. The highest BCUT2D eigenvalue weighted by Crippen LogP contribution is 2.23. The first kappa shape index (κ1) is 18.8. The third-order valence-electron chi connectivity index (χ3n) is 4.19. The Hall–Kier alpha value is -2.94. The van der Waals surface area contributed by atoms with Gasteiger partial charge in [0, 0.05) is 18.4 Å². The van der Waals surface area contributed by atoms with Crippen molar-refractivity contribution in [1.82, 2.24) is 10.3 Å². The Morgan fingerprint density at radius 1 is 1.15 bits per heavy atom. The Balaban J connectivity index is 1.71. The van der Waals surface area contributed by atoms with Crippen LogP contribution in [0.2, 0.25) is 0 Å². The zero-order valence-corrected chi connectivity index (χ0v) is 15.5. The minimum atomic E-state index is -3.09. The summed E-state index contributed by atoms with van der Waals surface area (Å²) in [6, 6.07) is 7.94. The van der Waals surface area contributed by atoms with Crippen molar-refractivity contribution < 1.29 is 22.7 Å². The van der Waals surface area contributed by atoms with Crippen molar-refractivity contribution in [3.05, 3.63) is 53.9 Å². The van der Waals surface area contributed by atoms with Crippen molar-refractivity contribution in [3.8, 4) is 5.75 Å². The van der Waals surface area contributed by atoms with Gasteiger partial charge in [-0.1, -0.05) is 12.1 Å². The molecule has 0 aliphatic carbocycles. The number of benzene rings is 1. The summed E-state index contributed by atoms with van der Waals surface area (Å²) in [7, 11) is -1.59. The van der Waals surface area contributed by atoms with Gasteiger partial charge in [-0.3, -0.25) is 14.6 Å². The first-order chi connectivity index (χ1) is 12.9. The van der Waals surface area contributed by atoms with Crippen LogP contribution in [0.25, 0.3) is 0 Å². The number of aromatic nitrogens is 1. The van der Waals surface area contributed by atoms with Crippen molar-refractivity contribution >= 4 is 27.3 Å². The highest BCUT2D eigenvalue weighted by atomic mass is 32.2. The van der Waals surface area contributed by atoms with Crippen LogP contribution in [0.5, 0.6) is 5.75 Å². The maximum absolute atomic E-state index is 12.5. The molecule has 1 unspecified atom stereocenters. The first-order valence-electron chi connectivity index (χ1n) is 8.28. The number of hydrogen-bond donors (Lipinski definition) is 2. The molecule has 2 aromatic rings. The topological polar surface area (TPSA) is 114 Å². The van der Waals surface area contributed by atoms with Crippen LogP contribution >= 0.6 is 0 Å². The Morgan fingerprint density at radius 2 is 1.85 bits per heavy atom. The maximum atomic E-state index is 12.5. The fourth-order valence-corrected chi connectivity index (χ4v) is 4.48. The van der Waals surface area contributed by atoms with Gasteiger partial charge < -0.3 is 15.4 Å². The molecule has 0 saturated carbocycles. The number of para-hydroxylation sites is 2. The van der Waals surface area contributed by atoms with Gasteiger partial charge in [0.25, 0.3) is 11.8 Å². The van der Waals surface area contributed by atoms with E-state index in [-0.39, 0.29) is 22.6 Å². The molecule has 1 aliphatic rings. The fourth-order valence-electron chi connectivity index (χ4n) is 2.81. The van der Waals surface area contributed by atoms with Crippen LogP contribution < -0.4 is 15.4 Å². The van der Waals surface area contributed by atoms with Crippen molar-refractivity contribution in [1.29, 1.82) is 0 Å². The summed E-state index contributed by atoms with van der Waals surface area (Å²) in [5.41, 5.74) is 0.885. The number of nitrogens with one attached hydrogen (secondary N) is 2. The van der Waals surface area contributed by atoms with Crippen LogP contribution in [0.1, 0.15) is 27.1 Å². The van der Waals surface area contributed by atoms with E-state index in [9.17, 15) is 18.0 Å². The van der Waals surface area contributed by atoms with E-state index in [0.29, 0.717) is 17.9 Å². The molecule has 142 valence electrons. The number of sulfone groups is 1. The number of pyridine rings is 1. The van der Waals surface area contributed by atoms with Gasteiger partial charge in [-0.2, -0.15) is 0 Å². The third kappa shape index (κ3) is 4.62. The molecule has 1 saturated heterocycles. The van der Waals surface area contributed by atoms with Crippen molar-refractivity contribution in [2.45, 2.75) is 12.5 Å². The fraction of sp³-hybridized carbons (Fsp3) is 0.278. The highest BCUT2D eigenvalue weighted by Gasteiger charge is 2.29. The van der Waals surface area contributed by atoms with E-state index >= 15 is 0 Å². The molecular formula is C18H19N3O5S. The minimum absolute atomic E-state index is 0.0670. The molecule has 1 aromatic heterocycles. The van der Waals surface area contributed by atoms with Crippen LogP contribution in [0.4, 0.5) is 5.69 Å². The molecule has 1 aliphatic heterocycles. The van der Waals surface area contributed by atoms with E-state index in [1.165, 1.54) is 25.6 Å². The summed E-state index contributed by atoms with van der Waals surface area (Å²) < 4.78 is 28.2. The summed E-state index contributed by atoms with van der Waals surface area (Å²) in [5.74, 6) is -0.394. The lowest BCUT2D eigenvalue weighted by molar-refractivity contribution is 0.0940. The van der Waals surface area contributed by atoms with Gasteiger partial charge in [0.15, 0.2) is 9.84 Å². The number of nitrogens with zero attached hydrogens (tertiary/aromatic N) is 1. The molecule has 2 amide bonds. The van der Waals surface area contributed by atoms with Crippen LogP contribution in [-0.4, -0.2) is 49.9 Å². The van der Waals surface area contributed by atoms with Gasteiger partial charge in [0.05, 0.1) is 35.4 Å². The van der Waals surface area contributed by atoms with Crippen LogP contribution in [0.3, 0.4) is 0 Å². The third-order valence-corrected chi connectivity index (χ3v) is 5.95. The zero-order chi connectivity index (χ0) is 19.4. The minimum Gasteiger partial charge on any atom is -0.495 e. The normalized spacial score (nSPS) is 17.9. The van der Waals surface area contributed by atoms with Gasteiger partial charge in [-0.25, -0.2) is 8.42 Å². The summed E-state index contributed by atoms with van der Waals surface area (Å²) in [4.78, 5) is 28.8. The monoisotopic (exact) mass is 389 g/mol. The van der Waals surface area contributed by atoms with Crippen molar-refractivity contribution in [2.75, 3.05) is 23.9 Å². The summed E-state index contributed by atoms with van der Waals surface area (Å²) in [6.07, 6.45) is 3.07. The van der Waals surface area contributed by atoms with E-state index in [2.05, 4.69) is 15.6 Å². The Bertz CT molecular complexity index is 974. The lowest BCUT2D eigenvalue weighted by atomic mass is 10.1. The Labute approximate surface area is 156 Å². The first-order valence-corrected chi connectivity index (χ1v) is 10.1. The van der Waals surface area contributed by atoms with E-state index in [4.69, 9.17) is 4.74 Å². The molecule has 0 radical (unpaired) electrons. The van der Waals surface area contributed by atoms with Gasteiger partial charge in [0.1, 0.15) is 5.75 Å². The lowest BCUT2D eigenvalue weighted by Crippen LogP contribution is -2.35. The molecule has 2 heterocycles. The summed E-state index contributed by atoms with van der Waals surface area (Å²) in [6.45, 7) is 0. The highest BCUT2D eigenvalue weighted by molar-refractivity contribution is 7.91. The number of anilines is 1. The predicted molar refractivity (Wildman–Crippen MR) is 99.7 cm³/mol. The Kier molecular flexibility index (Phi) is 5.41. The average molecular weight is 389 g/mol. The molecule has 1 fully saturated rings. The molecule has 3 rings (SSSR count). The SMILES string of the molecule is COc1ccccc1NC(=O)c1cncc(C(=O)NC2CCS(=O)(=O)C2)c1. The van der Waals surface area contributed by atoms with E-state index < -0.39 is 27.7 Å². The lowest BCUT2D eigenvalue weighted by Gasteiger charge is -2.12. The number of carbonyl (C=O) groups is 2. The number of amides is 2. The van der Waals surface area contributed by atoms with E-state index in [1.807, 2.05) is 0 Å². The van der Waals surface area contributed by atoms with E-state index in [0.717, 1.165) is 0 Å². The number of hydrogen-bond acceptors (Lipinski definition) is 6. The van der Waals surface area contributed by atoms with Crippen LogP contribution in [0.15, 0.2) is 42.7 Å². The maximum Gasteiger partial charge on any atom is 0.257 e. The molecule has 0 spiro atoms. The molecule has 0 bridgehead atoms.